The second kappa shape index (κ2) is 3.42. The van der Waals surface area contributed by atoms with Gasteiger partial charge in [0.15, 0.2) is 0 Å². The van der Waals surface area contributed by atoms with Crippen molar-refractivity contribution >= 4 is 23.1 Å². The van der Waals surface area contributed by atoms with Gasteiger partial charge in [-0.15, -0.1) is 0 Å². The van der Waals surface area contributed by atoms with E-state index in [2.05, 4.69) is 5.32 Å². The van der Waals surface area contributed by atoms with E-state index in [1.807, 2.05) is 0 Å². The highest BCUT2D eigenvalue weighted by atomic mass is 32.1. The number of thiocarbonyl (C=S) groups is 1. The van der Waals surface area contributed by atoms with Gasteiger partial charge in [0.05, 0.1) is 10.4 Å². The van der Waals surface area contributed by atoms with Crippen molar-refractivity contribution in [3.8, 4) is 0 Å². The van der Waals surface area contributed by atoms with E-state index >= 15 is 0 Å². The number of rotatable bonds is 3. The van der Waals surface area contributed by atoms with Crippen LogP contribution in [0.2, 0.25) is 0 Å². The summed E-state index contributed by atoms with van der Waals surface area (Å²) in [6.45, 7) is 0. The standard InChI is InChI=1S/C12H18N2OS/c13-10(16)12(3-4-12)11(15)14-9-6-7-1-2-8(9)5-7/h7-9H,1-6H2,(H2,13,16)(H,14,15). The van der Waals surface area contributed by atoms with Gasteiger partial charge in [0.1, 0.15) is 0 Å². The minimum absolute atomic E-state index is 0.0950. The van der Waals surface area contributed by atoms with Crippen LogP contribution in [0.3, 0.4) is 0 Å². The van der Waals surface area contributed by atoms with Gasteiger partial charge in [-0.25, -0.2) is 0 Å². The molecule has 3 nitrogen and oxygen atoms in total. The van der Waals surface area contributed by atoms with Gasteiger partial charge < -0.3 is 11.1 Å². The molecule has 3 saturated carbocycles. The Labute approximate surface area is 101 Å². The van der Waals surface area contributed by atoms with Crippen LogP contribution in [-0.2, 0) is 4.79 Å². The molecule has 3 N–H and O–H groups in total. The van der Waals surface area contributed by atoms with E-state index in [0.717, 1.165) is 24.7 Å². The van der Waals surface area contributed by atoms with Crippen LogP contribution in [0.5, 0.6) is 0 Å². The van der Waals surface area contributed by atoms with Gasteiger partial charge in [-0.3, -0.25) is 4.79 Å². The van der Waals surface area contributed by atoms with Crippen molar-refractivity contribution in [1.82, 2.24) is 5.32 Å². The molecule has 1 amide bonds. The highest BCUT2D eigenvalue weighted by Gasteiger charge is 2.54. The number of nitrogens with one attached hydrogen (secondary N) is 1. The van der Waals surface area contributed by atoms with Crippen LogP contribution in [0.25, 0.3) is 0 Å². The molecule has 0 aliphatic heterocycles. The molecular weight excluding hydrogens is 220 g/mol. The summed E-state index contributed by atoms with van der Waals surface area (Å²) in [5, 5.41) is 3.19. The van der Waals surface area contributed by atoms with Crippen molar-refractivity contribution in [2.75, 3.05) is 0 Å². The number of carbonyl (C=O) groups is 1. The predicted octanol–water partition coefficient (Wildman–Crippen LogP) is 1.36. The summed E-state index contributed by atoms with van der Waals surface area (Å²) in [6, 6.07) is 0.401. The maximum atomic E-state index is 12.1. The van der Waals surface area contributed by atoms with E-state index in [1.54, 1.807) is 0 Å². The molecule has 4 heteroatoms. The van der Waals surface area contributed by atoms with Crippen molar-refractivity contribution in [3.63, 3.8) is 0 Å². The average molecular weight is 238 g/mol. The Balaban J connectivity index is 1.63. The first kappa shape index (κ1) is 10.5. The van der Waals surface area contributed by atoms with E-state index < -0.39 is 5.41 Å². The molecule has 3 atom stereocenters. The van der Waals surface area contributed by atoms with E-state index in [1.165, 1.54) is 25.7 Å². The lowest BCUT2D eigenvalue weighted by molar-refractivity contribution is -0.125. The largest absolute Gasteiger partial charge is 0.392 e. The summed E-state index contributed by atoms with van der Waals surface area (Å²) < 4.78 is 0. The van der Waals surface area contributed by atoms with Crippen LogP contribution in [0.15, 0.2) is 0 Å². The second-order valence-corrected chi connectivity index (χ2v) is 6.14. The van der Waals surface area contributed by atoms with Crippen molar-refractivity contribution in [3.05, 3.63) is 0 Å². The monoisotopic (exact) mass is 238 g/mol. The molecule has 0 spiro atoms. The Morgan fingerprint density at radius 1 is 1.31 bits per heavy atom. The topological polar surface area (TPSA) is 55.1 Å². The van der Waals surface area contributed by atoms with Crippen LogP contribution in [0.4, 0.5) is 0 Å². The van der Waals surface area contributed by atoms with Crippen LogP contribution >= 0.6 is 12.2 Å². The van der Waals surface area contributed by atoms with Gasteiger partial charge >= 0.3 is 0 Å². The minimum atomic E-state index is -0.475. The molecule has 0 aromatic carbocycles. The summed E-state index contributed by atoms with van der Waals surface area (Å²) in [6.07, 6.45) is 6.81. The summed E-state index contributed by atoms with van der Waals surface area (Å²) in [5.41, 5.74) is 5.18. The molecule has 3 fully saturated rings. The summed E-state index contributed by atoms with van der Waals surface area (Å²) >= 11 is 4.99. The van der Waals surface area contributed by atoms with Gasteiger partial charge in [-0.05, 0) is 43.9 Å². The molecule has 3 aliphatic carbocycles. The maximum absolute atomic E-state index is 12.1. The zero-order valence-corrected chi connectivity index (χ0v) is 10.2. The second-order valence-electron chi connectivity index (χ2n) is 5.70. The molecule has 3 aliphatic rings. The molecule has 2 bridgehead atoms. The average Bonchev–Trinajstić information content (AvgIpc) is 2.83. The van der Waals surface area contributed by atoms with E-state index in [-0.39, 0.29) is 5.91 Å². The smallest absolute Gasteiger partial charge is 0.233 e. The SMILES string of the molecule is NC(=S)C1(C(=O)NC2CC3CCC2C3)CC1. The summed E-state index contributed by atoms with van der Waals surface area (Å²) in [5.74, 6) is 1.67. The third-order valence-electron chi connectivity index (χ3n) is 4.71. The van der Waals surface area contributed by atoms with Gasteiger partial charge in [-0.2, -0.15) is 0 Å². The fraction of sp³-hybridized carbons (Fsp3) is 0.833. The van der Waals surface area contributed by atoms with Crippen molar-refractivity contribution in [2.45, 2.75) is 44.6 Å². The van der Waals surface area contributed by atoms with E-state index in [0.29, 0.717) is 11.0 Å². The summed E-state index contributed by atoms with van der Waals surface area (Å²) in [4.78, 5) is 12.5. The minimum Gasteiger partial charge on any atom is -0.392 e. The Morgan fingerprint density at radius 3 is 2.50 bits per heavy atom. The highest BCUT2D eigenvalue weighted by molar-refractivity contribution is 7.80. The Kier molecular flexibility index (Phi) is 2.25. The fourth-order valence-corrected chi connectivity index (χ4v) is 3.74. The maximum Gasteiger partial charge on any atom is 0.233 e. The molecule has 0 aromatic rings. The first-order valence-corrected chi connectivity index (χ1v) is 6.63. The third-order valence-corrected chi connectivity index (χ3v) is 5.10. The summed E-state index contributed by atoms with van der Waals surface area (Å²) in [7, 11) is 0. The van der Waals surface area contributed by atoms with Gasteiger partial charge in [0, 0.05) is 6.04 Å². The van der Waals surface area contributed by atoms with Crippen LogP contribution < -0.4 is 11.1 Å². The van der Waals surface area contributed by atoms with Crippen LogP contribution in [0, 0.1) is 17.3 Å². The lowest BCUT2D eigenvalue weighted by Crippen LogP contribution is -2.46. The number of carbonyl (C=O) groups excluding carboxylic acids is 1. The molecule has 0 radical (unpaired) electrons. The lowest BCUT2D eigenvalue weighted by Gasteiger charge is -2.25. The Bertz CT molecular complexity index is 351. The van der Waals surface area contributed by atoms with Gasteiger partial charge in [0.2, 0.25) is 5.91 Å². The first-order valence-electron chi connectivity index (χ1n) is 6.23. The van der Waals surface area contributed by atoms with Gasteiger partial charge in [-0.1, -0.05) is 18.6 Å². The van der Waals surface area contributed by atoms with Crippen molar-refractivity contribution < 1.29 is 4.79 Å². The molecule has 0 saturated heterocycles. The fourth-order valence-electron chi connectivity index (χ4n) is 3.44. The highest BCUT2D eigenvalue weighted by Crippen LogP contribution is 2.48. The Morgan fingerprint density at radius 2 is 2.06 bits per heavy atom. The Hall–Kier alpha value is -0.640. The zero-order valence-electron chi connectivity index (χ0n) is 9.37. The molecule has 0 heterocycles. The number of hydrogen-bond donors (Lipinski definition) is 2. The third kappa shape index (κ3) is 1.46. The molecule has 88 valence electrons. The van der Waals surface area contributed by atoms with Crippen LogP contribution in [0.1, 0.15) is 38.5 Å². The quantitative estimate of drug-likeness (QED) is 0.730. The van der Waals surface area contributed by atoms with E-state index in [9.17, 15) is 4.79 Å². The number of fused-ring (bicyclic) bond motifs is 2. The van der Waals surface area contributed by atoms with Crippen LogP contribution in [-0.4, -0.2) is 16.9 Å². The van der Waals surface area contributed by atoms with Crippen molar-refractivity contribution in [2.24, 2.45) is 23.0 Å². The number of hydrogen-bond acceptors (Lipinski definition) is 2. The zero-order chi connectivity index (χ0) is 11.3. The van der Waals surface area contributed by atoms with Crippen molar-refractivity contribution in [1.29, 1.82) is 0 Å². The number of nitrogens with two attached hydrogens (primary N) is 1. The van der Waals surface area contributed by atoms with E-state index in [4.69, 9.17) is 18.0 Å². The first-order chi connectivity index (χ1) is 7.62. The van der Waals surface area contributed by atoms with Gasteiger partial charge in [0.25, 0.3) is 0 Å². The molecule has 0 aromatic heterocycles. The molecule has 3 rings (SSSR count). The lowest BCUT2D eigenvalue weighted by atomic mass is 9.94. The normalized spacial score (nSPS) is 38.4. The molecular formula is C12H18N2OS. The predicted molar refractivity (Wildman–Crippen MR) is 65.8 cm³/mol. The molecule has 16 heavy (non-hydrogen) atoms. The number of amides is 1. The molecule has 3 unspecified atom stereocenters.